The molecule has 0 bridgehead atoms. The molecule has 0 spiro atoms. The summed E-state index contributed by atoms with van der Waals surface area (Å²) in [5.41, 5.74) is 5.90. The van der Waals surface area contributed by atoms with E-state index >= 15 is 0 Å². The summed E-state index contributed by atoms with van der Waals surface area (Å²) in [4.78, 5) is 28.4. The fourth-order valence-corrected chi connectivity index (χ4v) is 3.28. The Balaban J connectivity index is 1.78. The molecule has 2 amide bonds. The van der Waals surface area contributed by atoms with Crippen LogP contribution >= 0.6 is 0 Å². The SMILES string of the molecule is CC(C)CC(=O)N1CCN(C(=O)C2CCC(N)CC2)CC1. The summed E-state index contributed by atoms with van der Waals surface area (Å²) in [5, 5.41) is 0. The molecule has 0 atom stereocenters. The van der Waals surface area contributed by atoms with Crippen LogP contribution in [0.25, 0.3) is 0 Å². The van der Waals surface area contributed by atoms with Gasteiger partial charge in [-0.05, 0) is 31.6 Å². The van der Waals surface area contributed by atoms with Gasteiger partial charge < -0.3 is 15.5 Å². The fraction of sp³-hybridized carbons (Fsp3) is 0.875. The van der Waals surface area contributed by atoms with Crippen LogP contribution in [0.4, 0.5) is 0 Å². The van der Waals surface area contributed by atoms with Gasteiger partial charge >= 0.3 is 0 Å². The molecule has 1 aliphatic carbocycles. The minimum atomic E-state index is 0.155. The number of carbonyl (C=O) groups excluding carboxylic acids is 2. The maximum atomic E-state index is 12.5. The summed E-state index contributed by atoms with van der Waals surface area (Å²) in [6, 6.07) is 0.277. The molecule has 2 N–H and O–H groups in total. The molecule has 1 aliphatic heterocycles. The number of hydrogen-bond donors (Lipinski definition) is 1. The Hall–Kier alpha value is -1.10. The van der Waals surface area contributed by atoms with Crippen LogP contribution in [0.15, 0.2) is 0 Å². The summed E-state index contributed by atoms with van der Waals surface area (Å²) in [7, 11) is 0. The molecule has 1 saturated heterocycles. The lowest BCUT2D eigenvalue weighted by Gasteiger charge is -2.37. The zero-order valence-electron chi connectivity index (χ0n) is 13.4. The molecule has 0 aromatic heterocycles. The van der Waals surface area contributed by atoms with Gasteiger partial charge in [0.2, 0.25) is 11.8 Å². The molecule has 1 heterocycles. The summed E-state index contributed by atoms with van der Waals surface area (Å²) in [5.74, 6) is 1.05. The van der Waals surface area contributed by atoms with Crippen molar-refractivity contribution in [1.82, 2.24) is 9.80 Å². The van der Waals surface area contributed by atoms with E-state index in [1.165, 1.54) is 0 Å². The highest BCUT2D eigenvalue weighted by molar-refractivity contribution is 5.80. The van der Waals surface area contributed by atoms with Crippen LogP contribution in [0.3, 0.4) is 0 Å². The van der Waals surface area contributed by atoms with Gasteiger partial charge in [-0.25, -0.2) is 0 Å². The maximum absolute atomic E-state index is 12.5. The zero-order valence-corrected chi connectivity index (χ0v) is 13.4. The van der Waals surface area contributed by atoms with Gasteiger partial charge in [0.25, 0.3) is 0 Å². The molecular weight excluding hydrogens is 266 g/mol. The topological polar surface area (TPSA) is 66.6 Å². The van der Waals surface area contributed by atoms with E-state index in [2.05, 4.69) is 13.8 Å². The van der Waals surface area contributed by atoms with Crippen molar-refractivity contribution >= 4 is 11.8 Å². The molecule has 0 aromatic rings. The summed E-state index contributed by atoms with van der Waals surface area (Å²) < 4.78 is 0. The van der Waals surface area contributed by atoms with Crippen molar-refractivity contribution in [2.45, 2.75) is 52.0 Å². The monoisotopic (exact) mass is 295 g/mol. The van der Waals surface area contributed by atoms with Crippen molar-refractivity contribution < 1.29 is 9.59 Å². The van der Waals surface area contributed by atoms with Crippen molar-refractivity contribution in [1.29, 1.82) is 0 Å². The van der Waals surface area contributed by atoms with Crippen LogP contribution in [0, 0.1) is 11.8 Å². The molecule has 0 aromatic carbocycles. The van der Waals surface area contributed by atoms with Crippen molar-refractivity contribution in [2.24, 2.45) is 17.6 Å². The highest BCUT2D eigenvalue weighted by atomic mass is 16.2. The summed E-state index contributed by atoms with van der Waals surface area (Å²) in [6.45, 7) is 6.86. The van der Waals surface area contributed by atoms with Crippen LogP contribution in [0.5, 0.6) is 0 Å². The molecule has 2 rings (SSSR count). The molecule has 5 nitrogen and oxygen atoms in total. The van der Waals surface area contributed by atoms with Crippen LogP contribution in [0.1, 0.15) is 46.0 Å². The Labute approximate surface area is 127 Å². The van der Waals surface area contributed by atoms with Crippen LogP contribution in [0.2, 0.25) is 0 Å². The van der Waals surface area contributed by atoms with Gasteiger partial charge in [0.1, 0.15) is 0 Å². The lowest BCUT2D eigenvalue weighted by Crippen LogP contribution is -2.52. The minimum absolute atomic E-state index is 0.155. The molecule has 0 radical (unpaired) electrons. The van der Waals surface area contributed by atoms with Gasteiger partial charge in [0.05, 0.1) is 0 Å². The number of nitrogens with zero attached hydrogens (tertiary/aromatic N) is 2. The first-order valence-electron chi connectivity index (χ1n) is 8.29. The van der Waals surface area contributed by atoms with Gasteiger partial charge in [-0.2, -0.15) is 0 Å². The second-order valence-electron chi connectivity index (χ2n) is 6.92. The van der Waals surface area contributed by atoms with Crippen molar-refractivity contribution in [3.63, 3.8) is 0 Å². The molecule has 5 heteroatoms. The number of piperazine rings is 1. The number of rotatable bonds is 3. The molecule has 21 heavy (non-hydrogen) atoms. The Morgan fingerprint density at radius 3 is 2.05 bits per heavy atom. The van der Waals surface area contributed by atoms with E-state index in [1.54, 1.807) is 0 Å². The number of amides is 2. The van der Waals surface area contributed by atoms with Crippen LogP contribution in [-0.2, 0) is 9.59 Å². The fourth-order valence-electron chi connectivity index (χ4n) is 3.28. The van der Waals surface area contributed by atoms with E-state index in [4.69, 9.17) is 5.73 Å². The van der Waals surface area contributed by atoms with E-state index in [0.29, 0.717) is 38.5 Å². The largest absolute Gasteiger partial charge is 0.339 e. The second kappa shape index (κ2) is 7.25. The third-order valence-corrected chi connectivity index (χ3v) is 4.65. The van der Waals surface area contributed by atoms with Crippen molar-refractivity contribution in [2.75, 3.05) is 26.2 Å². The third kappa shape index (κ3) is 4.43. The quantitative estimate of drug-likeness (QED) is 0.851. The van der Waals surface area contributed by atoms with Crippen molar-refractivity contribution in [3.8, 4) is 0 Å². The van der Waals surface area contributed by atoms with Crippen LogP contribution < -0.4 is 5.73 Å². The van der Waals surface area contributed by atoms with Gasteiger partial charge in [-0.1, -0.05) is 13.8 Å². The zero-order chi connectivity index (χ0) is 15.4. The van der Waals surface area contributed by atoms with E-state index < -0.39 is 0 Å². The second-order valence-corrected chi connectivity index (χ2v) is 6.92. The van der Waals surface area contributed by atoms with Gasteiger partial charge in [-0.3, -0.25) is 9.59 Å². The van der Waals surface area contributed by atoms with Crippen molar-refractivity contribution in [3.05, 3.63) is 0 Å². The normalized spacial score (nSPS) is 27.0. The van der Waals surface area contributed by atoms with Gasteiger partial charge in [0, 0.05) is 44.6 Å². The number of carbonyl (C=O) groups is 2. The van der Waals surface area contributed by atoms with E-state index in [-0.39, 0.29) is 23.8 Å². The predicted octanol–water partition coefficient (Wildman–Crippen LogP) is 1.22. The highest BCUT2D eigenvalue weighted by Crippen LogP contribution is 2.25. The minimum Gasteiger partial charge on any atom is -0.339 e. The van der Waals surface area contributed by atoms with E-state index in [9.17, 15) is 9.59 Å². The Kier molecular flexibility index (Phi) is 5.62. The van der Waals surface area contributed by atoms with Crippen LogP contribution in [-0.4, -0.2) is 53.8 Å². The average Bonchev–Trinajstić information content (AvgIpc) is 2.47. The lowest BCUT2D eigenvalue weighted by molar-refractivity contribution is -0.143. The first kappa shape index (κ1) is 16.3. The molecular formula is C16H29N3O2. The molecule has 2 fully saturated rings. The smallest absolute Gasteiger partial charge is 0.225 e. The maximum Gasteiger partial charge on any atom is 0.225 e. The van der Waals surface area contributed by atoms with Gasteiger partial charge in [-0.15, -0.1) is 0 Å². The third-order valence-electron chi connectivity index (χ3n) is 4.65. The molecule has 0 unspecified atom stereocenters. The Bertz CT molecular complexity index is 368. The first-order valence-corrected chi connectivity index (χ1v) is 8.29. The summed E-state index contributed by atoms with van der Waals surface area (Å²) >= 11 is 0. The highest BCUT2D eigenvalue weighted by Gasteiger charge is 2.31. The number of hydrogen-bond acceptors (Lipinski definition) is 3. The van der Waals surface area contributed by atoms with Gasteiger partial charge in [0.15, 0.2) is 0 Å². The van der Waals surface area contributed by atoms with E-state index in [1.807, 2.05) is 9.80 Å². The Morgan fingerprint density at radius 1 is 1.00 bits per heavy atom. The Morgan fingerprint density at radius 2 is 1.52 bits per heavy atom. The van der Waals surface area contributed by atoms with E-state index in [0.717, 1.165) is 25.7 Å². The summed E-state index contributed by atoms with van der Waals surface area (Å²) in [6.07, 6.45) is 4.37. The predicted molar refractivity (Wildman–Crippen MR) is 82.5 cm³/mol. The molecule has 120 valence electrons. The standard InChI is InChI=1S/C16H29N3O2/c1-12(2)11-15(20)18-7-9-19(10-8-18)16(21)13-3-5-14(17)6-4-13/h12-14H,3-11,17H2,1-2H3. The number of nitrogens with two attached hydrogens (primary N) is 1. The molecule has 2 aliphatic rings. The molecule has 1 saturated carbocycles. The lowest BCUT2D eigenvalue weighted by atomic mass is 9.85. The first-order chi connectivity index (χ1) is 9.97. The average molecular weight is 295 g/mol.